The number of nitrogens with zero attached hydrogens (tertiary/aromatic N) is 1. The first-order valence-electron chi connectivity index (χ1n) is 5.70. The standard InChI is InChI=1S/C13H18BrNO2/c1-4-15(13(17)9(2)14)10(3)11-6-5-7-12(16)8-11/h5-10,16H,4H2,1-3H3. The summed E-state index contributed by atoms with van der Waals surface area (Å²) in [6.07, 6.45) is 0. The molecule has 2 unspecified atom stereocenters. The predicted molar refractivity (Wildman–Crippen MR) is 72.3 cm³/mol. The van der Waals surface area contributed by atoms with Gasteiger partial charge in [0.15, 0.2) is 0 Å². The monoisotopic (exact) mass is 299 g/mol. The highest BCUT2D eigenvalue weighted by Crippen LogP contribution is 2.24. The minimum Gasteiger partial charge on any atom is -0.508 e. The summed E-state index contributed by atoms with van der Waals surface area (Å²) in [5, 5.41) is 9.45. The number of hydrogen-bond donors (Lipinski definition) is 1. The fourth-order valence-electron chi connectivity index (χ4n) is 1.81. The van der Waals surface area contributed by atoms with Gasteiger partial charge >= 0.3 is 0 Å². The lowest BCUT2D eigenvalue weighted by molar-refractivity contribution is -0.132. The van der Waals surface area contributed by atoms with Gasteiger partial charge in [0.1, 0.15) is 5.75 Å². The summed E-state index contributed by atoms with van der Waals surface area (Å²) in [4.78, 5) is 13.6. The molecule has 0 aliphatic rings. The number of carbonyl (C=O) groups is 1. The third kappa shape index (κ3) is 3.46. The number of alkyl halides is 1. The van der Waals surface area contributed by atoms with E-state index in [1.807, 2.05) is 26.8 Å². The molecule has 17 heavy (non-hydrogen) atoms. The predicted octanol–water partition coefficient (Wildman–Crippen LogP) is 3.09. The minimum absolute atomic E-state index is 0.0420. The van der Waals surface area contributed by atoms with Crippen molar-refractivity contribution in [2.24, 2.45) is 0 Å². The average Bonchev–Trinajstić information content (AvgIpc) is 2.29. The summed E-state index contributed by atoms with van der Waals surface area (Å²) in [7, 11) is 0. The van der Waals surface area contributed by atoms with Crippen molar-refractivity contribution in [1.82, 2.24) is 4.90 Å². The van der Waals surface area contributed by atoms with Crippen LogP contribution in [0.15, 0.2) is 24.3 Å². The lowest BCUT2D eigenvalue weighted by atomic mass is 10.1. The Bertz CT molecular complexity index is 393. The Kier molecular flexibility index (Phi) is 5.00. The quantitative estimate of drug-likeness (QED) is 0.868. The van der Waals surface area contributed by atoms with Crippen LogP contribution >= 0.6 is 15.9 Å². The summed E-state index contributed by atoms with van der Waals surface area (Å²) >= 11 is 3.30. The lowest BCUT2D eigenvalue weighted by Gasteiger charge is -2.29. The number of hydrogen-bond acceptors (Lipinski definition) is 2. The maximum atomic E-state index is 12.0. The summed E-state index contributed by atoms with van der Waals surface area (Å²) in [5.41, 5.74) is 0.938. The highest BCUT2D eigenvalue weighted by molar-refractivity contribution is 9.10. The number of rotatable bonds is 4. The zero-order chi connectivity index (χ0) is 13.0. The average molecular weight is 300 g/mol. The van der Waals surface area contributed by atoms with E-state index in [9.17, 15) is 9.90 Å². The largest absolute Gasteiger partial charge is 0.508 e. The van der Waals surface area contributed by atoms with Crippen molar-refractivity contribution in [3.8, 4) is 5.75 Å². The maximum Gasteiger partial charge on any atom is 0.236 e. The molecule has 1 N–H and O–H groups in total. The molecule has 4 heteroatoms. The van der Waals surface area contributed by atoms with Crippen LogP contribution in [0.4, 0.5) is 0 Å². The molecule has 0 heterocycles. The molecule has 0 aliphatic carbocycles. The topological polar surface area (TPSA) is 40.5 Å². The zero-order valence-electron chi connectivity index (χ0n) is 10.4. The molecule has 1 aromatic rings. The molecule has 0 saturated heterocycles. The van der Waals surface area contributed by atoms with Crippen LogP contribution in [0.2, 0.25) is 0 Å². The SMILES string of the molecule is CCN(C(=O)C(C)Br)C(C)c1cccc(O)c1. The van der Waals surface area contributed by atoms with Gasteiger partial charge in [-0.05, 0) is 38.5 Å². The number of benzene rings is 1. The Labute approximate surface area is 111 Å². The Morgan fingerprint density at radius 2 is 2.12 bits per heavy atom. The van der Waals surface area contributed by atoms with Crippen molar-refractivity contribution in [2.75, 3.05) is 6.54 Å². The van der Waals surface area contributed by atoms with Gasteiger partial charge in [-0.15, -0.1) is 0 Å². The summed E-state index contributed by atoms with van der Waals surface area (Å²) in [6.45, 7) is 6.38. The van der Waals surface area contributed by atoms with Crippen molar-refractivity contribution in [3.05, 3.63) is 29.8 Å². The molecule has 0 spiro atoms. The molecule has 2 atom stereocenters. The molecule has 0 saturated carbocycles. The van der Waals surface area contributed by atoms with E-state index in [1.54, 1.807) is 23.1 Å². The molecule has 1 aromatic carbocycles. The van der Waals surface area contributed by atoms with Gasteiger partial charge in [-0.3, -0.25) is 4.79 Å². The fourth-order valence-corrected chi connectivity index (χ4v) is 2.08. The van der Waals surface area contributed by atoms with E-state index >= 15 is 0 Å². The van der Waals surface area contributed by atoms with Gasteiger partial charge in [0.05, 0.1) is 10.9 Å². The summed E-state index contributed by atoms with van der Waals surface area (Å²) in [6, 6.07) is 6.98. The molecule has 0 aromatic heterocycles. The number of phenolic OH excluding ortho intramolecular Hbond substituents is 1. The molecule has 0 fully saturated rings. The van der Waals surface area contributed by atoms with Crippen molar-refractivity contribution in [1.29, 1.82) is 0 Å². The Morgan fingerprint density at radius 1 is 1.47 bits per heavy atom. The highest BCUT2D eigenvalue weighted by Gasteiger charge is 2.22. The Balaban J connectivity index is 2.93. The molecule has 3 nitrogen and oxygen atoms in total. The number of aromatic hydroxyl groups is 1. The van der Waals surface area contributed by atoms with Gasteiger partial charge in [0.2, 0.25) is 5.91 Å². The molecule has 0 radical (unpaired) electrons. The van der Waals surface area contributed by atoms with Crippen LogP contribution in [0.1, 0.15) is 32.4 Å². The van der Waals surface area contributed by atoms with E-state index in [-0.39, 0.29) is 22.5 Å². The van der Waals surface area contributed by atoms with E-state index < -0.39 is 0 Å². The summed E-state index contributed by atoms with van der Waals surface area (Å²) < 4.78 is 0. The van der Waals surface area contributed by atoms with Crippen molar-refractivity contribution < 1.29 is 9.90 Å². The van der Waals surface area contributed by atoms with Gasteiger partial charge in [-0.2, -0.15) is 0 Å². The number of phenols is 1. The van der Waals surface area contributed by atoms with E-state index in [0.29, 0.717) is 6.54 Å². The first-order chi connectivity index (χ1) is 7.97. The second kappa shape index (κ2) is 6.05. The molecule has 1 amide bonds. The second-order valence-electron chi connectivity index (χ2n) is 4.01. The summed E-state index contributed by atoms with van der Waals surface area (Å²) in [5.74, 6) is 0.285. The number of carbonyl (C=O) groups excluding carboxylic acids is 1. The minimum atomic E-state index is -0.192. The molecule has 94 valence electrons. The van der Waals surface area contributed by atoms with E-state index in [0.717, 1.165) is 5.56 Å². The van der Waals surface area contributed by atoms with E-state index in [4.69, 9.17) is 0 Å². The van der Waals surface area contributed by atoms with E-state index in [2.05, 4.69) is 15.9 Å². The normalized spacial score (nSPS) is 14.1. The van der Waals surface area contributed by atoms with Gasteiger partial charge in [0, 0.05) is 6.54 Å². The van der Waals surface area contributed by atoms with E-state index in [1.165, 1.54) is 0 Å². The van der Waals surface area contributed by atoms with Crippen LogP contribution in [0.3, 0.4) is 0 Å². The maximum absolute atomic E-state index is 12.0. The Hall–Kier alpha value is -1.03. The van der Waals surface area contributed by atoms with Crippen LogP contribution in [0, 0.1) is 0 Å². The molecule has 1 rings (SSSR count). The molecular weight excluding hydrogens is 282 g/mol. The first-order valence-corrected chi connectivity index (χ1v) is 6.62. The lowest BCUT2D eigenvalue weighted by Crippen LogP contribution is -2.37. The van der Waals surface area contributed by atoms with Crippen molar-refractivity contribution >= 4 is 21.8 Å². The van der Waals surface area contributed by atoms with Gasteiger partial charge in [0.25, 0.3) is 0 Å². The molecular formula is C13H18BrNO2. The van der Waals surface area contributed by atoms with Crippen LogP contribution in [0.5, 0.6) is 5.75 Å². The molecule has 0 bridgehead atoms. The highest BCUT2D eigenvalue weighted by atomic mass is 79.9. The first kappa shape index (κ1) is 14.0. The number of amides is 1. The van der Waals surface area contributed by atoms with Gasteiger partial charge in [-0.1, -0.05) is 28.1 Å². The van der Waals surface area contributed by atoms with Crippen molar-refractivity contribution in [2.45, 2.75) is 31.6 Å². The van der Waals surface area contributed by atoms with Crippen LogP contribution in [-0.4, -0.2) is 27.3 Å². The Morgan fingerprint density at radius 3 is 2.59 bits per heavy atom. The van der Waals surface area contributed by atoms with Crippen molar-refractivity contribution in [3.63, 3.8) is 0 Å². The van der Waals surface area contributed by atoms with Crippen LogP contribution < -0.4 is 0 Å². The third-order valence-corrected chi connectivity index (χ3v) is 3.18. The van der Waals surface area contributed by atoms with Crippen LogP contribution in [0.25, 0.3) is 0 Å². The van der Waals surface area contributed by atoms with Gasteiger partial charge in [-0.25, -0.2) is 0 Å². The zero-order valence-corrected chi connectivity index (χ0v) is 11.9. The fraction of sp³-hybridized carbons (Fsp3) is 0.462. The number of halogens is 1. The van der Waals surface area contributed by atoms with Gasteiger partial charge < -0.3 is 10.0 Å². The molecule has 0 aliphatic heterocycles. The second-order valence-corrected chi connectivity index (χ2v) is 5.38. The third-order valence-electron chi connectivity index (χ3n) is 2.78. The smallest absolute Gasteiger partial charge is 0.236 e. The van der Waals surface area contributed by atoms with Crippen LogP contribution in [-0.2, 0) is 4.79 Å².